The number of hydrogen-bond acceptors (Lipinski definition) is 4. The van der Waals surface area contributed by atoms with E-state index in [0.29, 0.717) is 24.2 Å². The van der Waals surface area contributed by atoms with Crippen LogP contribution in [0.3, 0.4) is 0 Å². The second-order valence-electron chi connectivity index (χ2n) is 8.76. The Bertz CT molecular complexity index is 1600. The SMILES string of the molecule is Cl.Cn1cncc1C(Cc1ccc(C#N)c(-c2cccc3ccccc23)c1)OCc1ccc(C#N)cc1. The molecule has 37 heavy (non-hydrogen) atoms. The highest BCUT2D eigenvalue weighted by Crippen LogP contribution is 2.33. The molecule has 0 fully saturated rings. The summed E-state index contributed by atoms with van der Waals surface area (Å²) in [6.45, 7) is 0.411. The van der Waals surface area contributed by atoms with Gasteiger partial charge in [-0.3, -0.25) is 0 Å². The van der Waals surface area contributed by atoms with Crippen LogP contribution in [0.15, 0.2) is 97.5 Å². The molecule has 1 aromatic heterocycles. The van der Waals surface area contributed by atoms with Gasteiger partial charge >= 0.3 is 0 Å². The summed E-state index contributed by atoms with van der Waals surface area (Å²) in [6.07, 6.45) is 3.99. The summed E-state index contributed by atoms with van der Waals surface area (Å²) >= 11 is 0. The average Bonchev–Trinajstić information content (AvgIpc) is 3.36. The van der Waals surface area contributed by atoms with Gasteiger partial charge in [0.2, 0.25) is 0 Å². The van der Waals surface area contributed by atoms with Crippen LogP contribution in [-0.4, -0.2) is 9.55 Å². The molecular formula is C31H25ClN4O. The minimum atomic E-state index is -0.235. The molecule has 1 unspecified atom stereocenters. The third-order valence-electron chi connectivity index (χ3n) is 6.42. The van der Waals surface area contributed by atoms with E-state index in [1.54, 1.807) is 18.5 Å². The van der Waals surface area contributed by atoms with Crippen LogP contribution in [0.25, 0.3) is 21.9 Å². The van der Waals surface area contributed by atoms with Gasteiger partial charge in [0.15, 0.2) is 0 Å². The molecule has 6 heteroatoms. The van der Waals surface area contributed by atoms with Crippen LogP contribution in [-0.2, 0) is 24.8 Å². The fourth-order valence-corrected chi connectivity index (χ4v) is 4.51. The highest BCUT2D eigenvalue weighted by Gasteiger charge is 2.18. The number of aryl methyl sites for hydroxylation is 1. The molecule has 5 nitrogen and oxygen atoms in total. The standard InChI is InChI=1S/C31H24N4O.ClH/c1-35-21-34-19-30(35)31(36-20-23-11-9-22(17-32)10-12-23)16-24-13-14-26(18-33)29(15-24)28-8-4-6-25-5-2-3-7-27(25)28;/h2-15,19,21,31H,16,20H2,1H3;1H. The summed E-state index contributed by atoms with van der Waals surface area (Å²) in [6, 6.07) is 32.4. The molecule has 4 aromatic carbocycles. The van der Waals surface area contributed by atoms with E-state index in [2.05, 4.69) is 47.5 Å². The van der Waals surface area contributed by atoms with Crippen LogP contribution in [0.4, 0.5) is 0 Å². The minimum Gasteiger partial charge on any atom is -0.367 e. The van der Waals surface area contributed by atoms with Crippen molar-refractivity contribution in [1.82, 2.24) is 9.55 Å². The maximum absolute atomic E-state index is 9.85. The van der Waals surface area contributed by atoms with Crippen LogP contribution in [0.5, 0.6) is 0 Å². The third-order valence-corrected chi connectivity index (χ3v) is 6.42. The quantitative estimate of drug-likeness (QED) is 0.241. The lowest BCUT2D eigenvalue weighted by molar-refractivity contribution is 0.0353. The molecule has 0 saturated carbocycles. The van der Waals surface area contributed by atoms with Crippen molar-refractivity contribution in [1.29, 1.82) is 10.5 Å². The molecule has 0 aliphatic rings. The maximum atomic E-state index is 9.85. The van der Waals surface area contributed by atoms with Crippen molar-refractivity contribution in [3.8, 4) is 23.3 Å². The number of imidazole rings is 1. The van der Waals surface area contributed by atoms with E-state index in [-0.39, 0.29) is 18.5 Å². The Hall–Kier alpha value is -4.42. The molecule has 0 amide bonds. The Kier molecular flexibility index (Phi) is 8.01. The van der Waals surface area contributed by atoms with Crippen LogP contribution >= 0.6 is 12.4 Å². The predicted octanol–water partition coefficient (Wildman–Crippen LogP) is 6.91. The van der Waals surface area contributed by atoms with E-state index >= 15 is 0 Å². The van der Waals surface area contributed by atoms with E-state index in [1.807, 2.05) is 60.3 Å². The van der Waals surface area contributed by atoms with E-state index in [1.165, 1.54) is 0 Å². The van der Waals surface area contributed by atoms with Gasteiger partial charge in [0.25, 0.3) is 0 Å². The number of hydrogen-bond donors (Lipinski definition) is 0. The minimum absolute atomic E-state index is 0. The molecule has 5 rings (SSSR count). The summed E-state index contributed by atoms with van der Waals surface area (Å²) in [4.78, 5) is 4.29. The number of rotatable bonds is 7. The number of nitriles is 2. The molecule has 0 radical (unpaired) electrons. The lowest BCUT2D eigenvalue weighted by Crippen LogP contribution is -2.12. The zero-order valence-electron chi connectivity index (χ0n) is 20.3. The Morgan fingerprint density at radius 3 is 2.35 bits per heavy atom. The zero-order valence-corrected chi connectivity index (χ0v) is 21.2. The first kappa shape index (κ1) is 25.7. The number of benzene rings is 4. The molecule has 1 atom stereocenters. The molecule has 1 heterocycles. The summed E-state index contributed by atoms with van der Waals surface area (Å²) in [5.41, 5.74) is 6.27. The smallest absolute Gasteiger partial charge is 0.103 e. The number of nitrogens with zero attached hydrogens (tertiary/aromatic N) is 4. The van der Waals surface area contributed by atoms with Crippen LogP contribution in [0, 0.1) is 22.7 Å². The number of fused-ring (bicyclic) bond motifs is 1. The average molecular weight is 505 g/mol. The van der Waals surface area contributed by atoms with E-state index in [9.17, 15) is 5.26 Å². The molecule has 0 saturated heterocycles. The van der Waals surface area contributed by atoms with Crippen LogP contribution in [0.1, 0.15) is 34.1 Å². The first-order valence-corrected chi connectivity index (χ1v) is 11.7. The largest absolute Gasteiger partial charge is 0.367 e. The molecule has 0 aliphatic heterocycles. The normalized spacial score (nSPS) is 11.3. The van der Waals surface area contributed by atoms with Crippen molar-refractivity contribution in [3.05, 3.63) is 125 Å². The van der Waals surface area contributed by atoms with Crippen molar-refractivity contribution in [2.75, 3.05) is 0 Å². The maximum Gasteiger partial charge on any atom is 0.103 e. The van der Waals surface area contributed by atoms with Gasteiger partial charge in [0.1, 0.15) is 6.10 Å². The molecular weight excluding hydrogens is 480 g/mol. The molecule has 0 spiro atoms. The Labute approximate surface area is 222 Å². The van der Waals surface area contributed by atoms with Gasteiger partial charge in [-0.2, -0.15) is 10.5 Å². The van der Waals surface area contributed by atoms with Crippen molar-refractivity contribution >= 4 is 23.2 Å². The Balaban J connectivity index is 0.00000320. The predicted molar refractivity (Wildman–Crippen MR) is 147 cm³/mol. The van der Waals surface area contributed by atoms with Gasteiger partial charge in [-0.15, -0.1) is 12.4 Å². The summed E-state index contributed by atoms with van der Waals surface area (Å²) < 4.78 is 8.37. The second-order valence-corrected chi connectivity index (χ2v) is 8.76. The molecule has 182 valence electrons. The van der Waals surface area contributed by atoms with Crippen LogP contribution in [0.2, 0.25) is 0 Å². The third kappa shape index (κ3) is 5.55. The van der Waals surface area contributed by atoms with Crippen molar-refractivity contribution < 1.29 is 4.74 Å². The summed E-state index contributed by atoms with van der Waals surface area (Å²) in [5.74, 6) is 0. The first-order valence-electron chi connectivity index (χ1n) is 11.7. The number of ether oxygens (including phenoxy) is 1. The second kappa shape index (κ2) is 11.5. The molecule has 5 aromatic rings. The van der Waals surface area contributed by atoms with Crippen LogP contribution < -0.4 is 0 Å². The highest BCUT2D eigenvalue weighted by atomic mass is 35.5. The Morgan fingerprint density at radius 2 is 1.62 bits per heavy atom. The summed E-state index contributed by atoms with van der Waals surface area (Å²) in [7, 11) is 1.96. The lowest BCUT2D eigenvalue weighted by atomic mass is 9.92. The topological polar surface area (TPSA) is 74.6 Å². The van der Waals surface area contributed by atoms with Gasteiger partial charge < -0.3 is 9.30 Å². The first-order chi connectivity index (χ1) is 17.7. The fourth-order valence-electron chi connectivity index (χ4n) is 4.51. The van der Waals surface area contributed by atoms with E-state index in [4.69, 9.17) is 10.00 Å². The highest BCUT2D eigenvalue weighted by molar-refractivity contribution is 5.97. The molecule has 0 N–H and O–H groups in total. The zero-order chi connectivity index (χ0) is 24.9. The molecule has 0 aliphatic carbocycles. The monoisotopic (exact) mass is 504 g/mol. The Morgan fingerprint density at radius 1 is 0.865 bits per heavy atom. The van der Waals surface area contributed by atoms with Crippen molar-refractivity contribution in [3.63, 3.8) is 0 Å². The van der Waals surface area contributed by atoms with E-state index < -0.39 is 0 Å². The van der Waals surface area contributed by atoms with Crippen molar-refractivity contribution in [2.45, 2.75) is 19.1 Å². The van der Waals surface area contributed by atoms with Gasteiger partial charge in [-0.05, 0) is 51.7 Å². The fraction of sp³-hybridized carbons (Fsp3) is 0.129. The molecule has 0 bridgehead atoms. The van der Waals surface area contributed by atoms with Gasteiger partial charge in [0, 0.05) is 19.0 Å². The van der Waals surface area contributed by atoms with Gasteiger partial charge in [-0.1, -0.05) is 60.7 Å². The summed E-state index contributed by atoms with van der Waals surface area (Å²) in [5, 5.41) is 21.2. The van der Waals surface area contributed by atoms with E-state index in [0.717, 1.165) is 38.7 Å². The van der Waals surface area contributed by atoms with Crippen molar-refractivity contribution in [2.24, 2.45) is 7.05 Å². The van der Waals surface area contributed by atoms with Gasteiger partial charge in [-0.25, -0.2) is 4.98 Å². The number of halogens is 1. The lowest BCUT2D eigenvalue weighted by Gasteiger charge is -2.20. The van der Waals surface area contributed by atoms with Gasteiger partial charge in [0.05, 0.1) is 48.1 Å². The number of aromatic nitrogens is 2.